The van der Waals surface area contributed by atoms with Crippen LogP contribution in [0.2, 0.25) is 0 Å². The van der Waals surface area contributed by atoms with Crippen molar-refractivity contribution in [3.05, 3.63) is 72.0 Å². The molecule has 3 heterocycles. The molecule has 1 aliphatic rings. The predicted molar refractivity (Wildman–Crippen MR) is 112 cm³/mol. The molecule has 1 saturated heterocycles. The second-order valence-electron chi connectivity index (χ2n) is 6.94. The Morgan fingerprint density at radius 1 is 1.17 bits per heavy atom. The van der Waals surface area contributed by atoms with Crippen molar-refractivity contribution in [3.8, 4) is 11.6 Å². The van der Waals surface area contributed by atoms with Crippen LogP contribution in [0.1, 0.15) is 6.42 Å². The van der Waals surface area contributed by atoms with Crippen molar-refractivity contribution in [1.82, 2.24) is 14.9 Å². The second kappa shape index (κ2) is 8.66. The van der Waals surface area contributed by atoms with Crippen LogP contribution in [-0.4, -0.2) is 41.0 Å². The van der Waals surface area contributed by atoms with E-state index in [9.17, 15) is 4.91 Å². The molecular formula is C21H22N6O2. The Hall–Kier alpha value is -3.52. The van der Waals surface area contributed by atoms with Crippen molar-refractivity contribution in [1.29, 1.82) is 0 Å². The molecule has 3 aromatic rings. The third-order valence-electron chi connectivity index (χ3n) is 4.80. The van der Waals surface area contributed by atoms with Crippen molar-refractivity contribution >= 4 is 17.1 Å². The molecule has 8 heteroatoms. The van der Waals surface area contributed by atoms with Gasteiger partial charge in [0.15, 0.2) is 0 Å². The fraction of sp³-hybridized carbons (Fsp3) is 0.238. The van der Waals surface area contributed by atoms with Gasteiger partial charge in [-0.25, -0.2) is 4.98 Å². The number of hydrogen-bond donors (Lipinski definition) is 1. The van der Waals surface area contributed by atoms with Crippen molar-refractivity contribution in [2.75, 3.05) is 30.5 Å². The number of nitrogens with zero attached hydrogens (tertiary/aromatic N) is 5. The highest BCUT2D eigenvalue weighted by atomic mass is 16.5. The summed E-state index contributed by atoms with van der Waals surface area (Å²) in [5.74, 6) is 1.13. The van der Waals surface area contributed by atoms with E-state index < -0.39 is 0 Å². The fourth-order valence-electron chi connectivity index (χ4n) is 3.36. The monoisotopic (exact) mass is 390 g/mol. The van der Waals surface area contributed by atoms with Gasteiger partial charge < -0.3 is 15.0 Å². The molecule has 0 bridgehead atoms. The molecule has 1 fully saturated rings. The number of nitroso groups, excluding NO2 is 1. The van der Waals surface area contributed by atoms with E-state index in [2.05, 4.69) is 32.5 Å². The molecule has 1 N–H and O–H groups in total. The Kier molecular flexibility index (Phi) is 5.62. The maximum atomic E-state index is 11.7. The lowest BCUT2D eigenvalue weighted by Gasteiger charge is -2.21. The minimum absolute atomic E-state index is 0.323. The third-order valence-corrected chi connectivity index (χ3v) is 4.80. The third kappa shape index (κ3) is 4.49. The summed E-state index contributed by atoms with van der Waals surface area (Å²) in [4.78, 5) is 22.3. The predicted octanol–water partition coefficient (Wildman–Crippen LogP) is 4.20. The van der Waals surface area contributed by atoms with Gasteiger partial charge in [-0.15, -0.1) is 4.91 Å². The van der Waals surface area contributed by atoms with Gasteiger partial charge in [0, 0.05) is 31.0 Å². The zero-order valence-corrected chi connectivity index (χ0v) is 16.1. The number of ether oxygens (including phenoxy) is 1. The van der Waals surface area contributed by atoms with Crippen LogP contribution >= 0.6 is 0 Å². The number of likely N-dealkylation sites (tertiary alicyclic amines) is 1. The molecule has 1 aromatic carbocycles. The number of benzene rings is 1. The molecule has 1 atom stereocenters. The molecule has 1 aliphatic heterocycles. The highest BCUT2D eigenvalue weighted by molar-refractivity contribution is 5.75. The highest BCUT2D eigenvalue weighted by Crippen LogP contribution is 2.34. The Morgan fingerprint density at radius 3 is 2.72 bits per heavy atom. The maximum Gasteiger partial charge on any atom is 0.219 e. The largest absolute Gasteiger partial charge is 0.439 e. The summed E-state index contributed by atoms with van der Waals surface area (Å²) in [6.45, 7) is 2.00. The van der Waals surface area contributed by atoms with Crippen LogP contribution in [0.5, 0.6) is 11.6 Å². The van der Waals surface area contributed by atoms with Gasteiger partial charge in [-0.05, 0) is 56.4 Å². The first-order chi connectivity index (χ1) is 14.2. The van der Waals surface area contributed by atoms with E-state index in [4.69, 9.17) is 4.74 Å². The van der Waals surface area contributed by atoms with E-state index in [1.165, 1.54) is 5.01 Å². The lowest BCUT2D eigenvalue weighted by molar-refractivity contribution is 0.414. The Balaban J connectivity index is 1.54. The van der Waals surface area contributed by atoms with Crippen LogP contribution in [0.15, 0.2) is 72.4 Å². The summed E-state index contributed by atoms with van der Waals surface area (Å²) in [5, 5.41) is 8.08. The van der Waals surface area contributed by atoms with Crippen molar-refractivity contribution in [2.24, 2.45) is 5.29 Å². The zero-order valence-electron chi connectivity index (χ0n) is 16.1. The molecule has 1 unspecified atom stereocenters. The topological polar surface area (TPSA) is 83.0 Å². The van der Waals surface area contributed by atoms with Crippen LogP contribution in [-0.2, 0) is 0 Å². The molecule has 29 heavy (non-hydrogen) atoms. The highest BCUT2D eigenvalue weighted by Gasteiger charge is 2.22. The molecule has 4 rings (SSSR count). The number of nitrogens with one attached hydrogen (secondary N) is 1. The summed E-state index contributed by atoms with van der Waals surface area (Å²) >= 11 is 0. The first-order valence-electron chi connectivity index (χ1n) is 9.44. The number of hydrogen-bond acceptors (Lipinski definition) is 7. The van der Waals surface area contributed by atoms with Gasteiger partial charge >= 0.3 is 0 Å². The molecular weight excluding hydrogens is 368 g/mol. The van der Waals surface area contributed by atoms with E-state index >= 15 is 0 Å². The lowest BCUT2D eigenvalue weighted by Crippen LogP contribution is -2.24. The average molecular weight is 390 g/mol. The molecule has 0 spiro atoms. The second-order valence-corrected chi connectivity index (χ2v) is 6.94. The van der Waals surface area contributed by atoms with Gasteiger partial charge in [0.25, 0.3) is 0 Å². The Labute approximate surface area is 169 Å². The first kappa shape index (κ1) is 18.8. The Morgan fingerprint density at radius 2 is 2.03 bits per heavy atom. The quantitative estimate of drug-likeness (QED) is 0.478. The minimum Gasteiger partial charge on any atom is -0.439 e. The summed E-state index contributed by atoms with van der Waals surface area (Å²) < 4.78 is 5.71. The summed E-state index contributed by atoms with van der Waals surface area (Å²) in [6.07, 6.45) is 6.06. The van der Waals surface area contributed by atoms with E-state index in [-0.39, 0.29) is 0 Å². The van der Waals surface area contributed by atoms with E-state index in [0.29, 0.717) is 29.0 Å². The molecule has 8 nitrogen and oxygen atoms in total. The van der Waals surface area contributed by atoms with Crippen molar-refractivity contribution < 1.29 is 4.74 Å². The van der Waals surface area contributed by atoms with Crippen molar-refractivity contribution in [2.45, 2.75) is 12.5 Å². The standard InChI is InChI=1S/C21H22N6O2/c1-26-13-10-16(15-26)24-19-9-12-22-14-20(19)27(25-28)17-5-7-18(8-6-17)29-21-4-2-3-11-23-21/h2-9,11-12,14,16H,10,13,15H2,1H3,(H,22,24). The molecule has 148 valence electrons. The number of pyridine rings is 2. The van der Waals surface area contributed by atoms with E-state index in [0.717, 1.165) is 25.2 Å². The van der Waals surface area contributed by atoms with E-state index in [1.54, 1.807) is 48.9 Å². The van der Waals surface area contributed by atoms with Gasteiger partial charge in [0.05, 0.1) is 22.9 Å². The van der Waals surface area contributed by atoms with Crippen molar-refractivity contribution in [3.63, 3.8) is 0 Å². The number of likely N-dealkylation sites (N-methyl/N-ethyl adjacent to an activating group) is 1. The molecule has 2 aromatic heterocycles. The average Bonchev–Trinajstić information content (AvgIpc) is 3.16. The number of anilines is 3. The van der Waals surface area contributed by atoms with Crippen LogP contribution in [0.25, 0.3) is 0 Å². The van der Waals surface area contributed by atoms with Crippen LogP contribution in [0.4, 0.5) is 17.1 Å². The summed E-state index contributed by atoms with van der Waals surface area (Å²) in [7, 11) is 2.10. The van der Waals surface area contributed by atoms with Crippen LogP contribution in [0.3, 0.4) is 0 Å². The number of aromatic nitrogens is 2. The first-order valence-corrected chi connectivity index (χ1v) is 9.44. The molecule has 0 radical (unpaired) electrons. The maximum absolute atomic E-state index is 11.7. The summed E-state index contributed by atoms with van der Waals surface area (Å²) in [6, 6.07) is 14.8. The smallest absolute Gasteiger partial charge is 0.219 e. The minimum atomic E-state index is 0.323. The fourth-order valence-corrected chi connectivity index (χ4v) is 3.36. The zero-order chi connectivity index (χ0) is 20.1. The van der Waals surface area contributed by atoms with Gasteiger partial charge in [-0.3, -0.25) is 4.98 Å². The van der Waals surface area contributed by atoms with Gasteiger partial charge in [0.1, 0.15) is 11.4 Å². The van der Waals surface area contributed by atoms with Gasteiger partial charge in [0.2, 0.25) is 5.88 Å². The van der Waals surface area contributed by atoms with Crippen LogP contribution in [0, 0.1) is 4.91 Å². The number of rotatable bonds is 7. The molecule has 0 aliphatic carbocycles. The normalized spacial score (nSPS) is 16.4. The van der Waals surface area contributed by atoms with Gasteiger partial charge in [-0.2, -0.15) is 5.01 Å². The van der Waals surface area contributed by atoms with E-state index in [1.807, 2.05) is 18.2 Å². The molecule has 0 saturated carbocycles. The SMILES string of the molecule is CN1CCC(Nc2ccncc2N(N=O)c2ccc(Oc3ccccn3)cc2)C1. The summed E-state index contributed by atoms with van der Waals surface area (Å²) in [5.41, 5.74) is 2.05. The van der Waals surface area contributed by atoms with Crippen LogP contribution < -0.4 is 15.1 Å². The van der Waals surface area contributed by atoms with Gasteiger partial charge in [-0.1, -0.05) is 6.07 Å². The Bertz CT molecular complexity index is 951. The molecule has 0 amide bonds. The lowest BCUT2D eigenvalue weighted by atomic mass is 10.2.